The van der Waals surface area contributed by atoms with E-state index in [2.05, 4.69) is 6.07 Å². The summed E-state index contributed by atoms with van der Waals surface area (Å²) in [6, 6.07) is 2.05. The van der Waals surface area contributed by atoms with Crippen LogP contribution in [0.2, 0.25) is 0 Å². The first kappa shape index (κ1) is 10.8. The van der Waals surface area contributed by atoms with Crippen molar-refractivity contribution in [2.45, 2.75) is 39.2 Å². The SMILES string of the molecule is CC(C)OCC(=O)c1cc2c(s1)CCC2. The highest BCUT2D eigenvalue weighted by Crippen LogP contribution is 2.30. The molecule has 0 bridgehead atoms. The number of thiophene rings is 1. The lowest BCUT2D eigenvalue weighted by atomic mass is 10.2. The molecule has 0 amide bonds. The molecular weight excluding hydrogens is 208 g/mol. The molecule has 1 aromatic rings. The summed E-state index contributed by atoms with van der Waals surface area (Å²) in [5.41, 5.74) is 1.38. The Morgan fingerprint density at radius 1 is 1.53 bits per heavy atom. The first-order valence-corrected chi connectivity index (χ1v) is 6.25. The summed E-state index contributed by atoms with van der Waals surface area (Å²) in [5.74, 6) is 0.128. The van der Waals surface area contributed by atoms with E-state index in [0.717, 1.165) is 17.7 Å². The third-order valence-electron chi connectivity index (χ3n) is 2.57. The van der Waals surface area contributed by atoms with Crippen LogP contribution in [0.3, 0.4) is 0 Å². The Labute approximate surface area is 94.3 Å². The number of ketones is 1. The fourth-order valence-corrected chi connectivity index (χ4v) is 2.96. The summed E-state index contributed by atoms with van der Waals surface area (Å²) in [6.45, 7) is 4.11. The van der Waals surface area contributed by atoms with E-state index in [1.807, 2.05) is 13.8 Å². The molecule has 0 aromatic carbocycles. The number of rotatable bonds is 4. The van der Waals surface area contributed by atoms with Gasteiger partial charge in [-0.1, -0.05) is 0 Å². The highest BCUT2D eigenvalue weighted by Gasteiger charge is 2.18. The second kappa shape index (κ2) is 4.45. The van der Waals surface area contributed by atoms with Gasteiger partial charge in [-0.2, -0.15) is 0 Å². The normalized spacial score (nSPS) is 14.6. The molecule has 1 heterocycles. The second-order valence-corrected chi connectivity index (χ2v) is 5.33. The molecule has 15 heavy (non-hydrogen) atoms. The number of Topliss-reactive ketones (excluding diaryl/α,β-unsaturated/α-hetero) is 1. The molecule has 0 unspecified atom stereocenters. The monoisotopic (exact) mass is 224 g/mol. The van der Waals surface area contributed by atoms with Crippen molar-refractivity contribution in [1.29, 1.82) is 0 Å². The van der Waals surface area contributed by atoms with Gasteiger partial charge >= 0.3 is 0 Å². The van der Waals surface area contributed by atoms with Gasteiger partial charge in [0.25, 0.3) is 0 Å². The second-order valence-electron chi connectivity index (χ2n) is 4.20. The Hall–Kier alpha value is -0.670. The van der Waals surface area contributed by atoms with Crippen LogP contribution in [0.15, 0.2) is 6.07 Å². The van der Waals surface area contributed by atoms with Gasteiger partial charge in [-0.15, -0.1) is 11.3 Å². The van der Waals surface area contributed by atoms with Gasteiger partial charge in [0.05, 0.1) is 11.0 Å². The molecule has 0 aliphatic heterocycles. The van der Waals surface area contributed by atoms with Crippen molar-refractivity contribution in [2.24, 2.45) is 0 Å². The van der Waals surface area contributed by atoms with Crippen LogP contribution >= 0.6 is 11.3 Å². The van der Waals surface area contributed by atoms with Gasteiger partial charge in [0.2, 0.25) is 0 Å². The molecule has 0 N–H and O–H groups in total. The summed E-state index contributed by atoms with van der Waals surface area (Å²) in [5, 5.41) is 0. The lowest BCUT2D eigenvalue weighted by Crippen LogP contribution is -2.12. The minimum Gasteiger partial charge on any atom is -0.371 e. The van der Waals surface area contributed by atoms with E-state index >= 15 is 0 Å². The minimum absolute atomic E-state index is 0.126. The minimum atomic E-state index is 0.126. The van der Waals surface area contributed by atoms with E-state index < -0.39 is 0 Å². The van der Waals surface area contributed by atoms with Gasteiger partial charge in [0, 0.05) is 4.88 Å². The lowest BCUT2D eigenvalue weighted by molar-refractivity contribution is 0.0588. The Morgan fingerprint density at radius 2 is 2.33 bits per heavy atom. The van der Waals surface area contributed by atoms with Gasteiger partial charge in [-0.05, 0) is 44.7 Å². The predicted octanol–water partition coefficient (Wildman–Crippen LogP) is 2.84. The van der Waals surface area contributed by atoms with Gasteiger partial charge in [-0.25, -0.2) is 0 Å². The topological polar surface area (TPSA) is 26.3 Å². The fourth-order valence-electron chi connectivity index (χ4n) is 1.78. The van der Waals surface area contributed by atoms with E-state index in [-0.39, 0.29) is 18.5 Å². The standard InChI is InChI=1S/C12H16O2S/c1-8(2)14-7-10(13)12-6-9-4-3-5-11(9)15-12/h6,8H,3-5,7H2,1-2H3. The molecule has 0 fully saturated rings. The van der Waals surface area contributed by atoms with Crippen LogP contribution in [-0.2, 0) is 17.6 Å². The summed E-state index contributed by atoms with van der Waals surface area (Å²) in [4.78, 5) is 14.0. The third-order valence-corrected chi connectivity index (χ3v) is 3.85. The molecule has 2 rings (SSSR count). The molecule has 3 heteroatoms. The lowest BCUT2D eigenvalue weighted by Gasteiger charge is -2.04. The number of carbonyl (C=O) groups is 1. The Kier molecular flexibility index (Phi) is 3.22. The maximum absolute atomic E-state index is 11.7. The summed E-state index contributed by atoms with van der Waals surface area (Å²) in [6.07, 6.45) is 3.67. The van der Waals surface area contributed by atoms with E-state index in [1.54, 1.807) is 11.3 Å². The summed E-state index contributed by atoms with van der Waals surface area (Å²) < 4.78 is 5.32. The van der Waals surface area contributed by atoms with Crippen molar-refractivity contribution >= 4 is 17.1 Å². The van der Waals surface area contributed by atoms with Crippen LogP contribution < -0.4 is 0 Å². The highest BCUT2D eigenvalue weighted by molar-refractivity contribution is 7.14. The zero-order chi connectivity index (χ0) is 10.8. The molecule has 1 aliphatic rings. The average Bonchev–Trinajstić information content (AvgIpc) is 2.72. The number of carbonyl (C=O) groups excluding carboxylic acids is 1. The Balaban J connectivity index is 2.00. The van der Waals surface area contributed by atoms with Crippen molar-refractivity contribution in [1.82, 2.24) is 0 Å². The number of aryl methyl sites for hydroxylation is 2. The molecule has 0 atom stereocenters. The van der Waals surface area contributed by atoms with Crippen LogP contribution in [-0.4, -0.2) is 18.5 Å². The third kappa shape index (κ3) is 2.47. The first-order valence-electron chi connectivity index (χ1n) is 5.43. The van der Waals surface area contributed by atoms with E-state index in [1.165, 1.54) is 16.9 Å². The van der Waals surface area contributed by atoms with Crippen LogP contribution in [0.4, 0.5) is 0 Å². The zero-order valence-electron chi connectivity index (χ0n) is 9.21. The zero-order valence-corrected chi connectivity index (χ0v) is 10.0. The van der Waals surface area contributed by atoms with E-state index in [0.29, 0.717) is 0 Å². The van der Waals surface area contributed by atoms with Gasteiger partial charge in [0.15, 0.2) is 5.78 Å². The molecule has 2 nitrogen and oxygen atoms in total. The van der Waals surface area contributed by atoms with Crippen molar-refractivity contribution in [3.63, 3.8) is 0 Å². The highest BCUT2D eigenvalue weighted by atomic mass is 32.1. The number of ether oxygens (including phenoxy) is 1. The van der Waals surface area contributed by atoms with Gasteiger partial charge in [0.1, 0.15) is 6.61 Å². The molecule has 0 radical (unpaired) electrons. The maximum Gasteiger partial charge on any atom is 0.198 e. The van der Waals surface area contributed by atoms with Crippen LogP contribution in [0.1, 0.15) is 40.4 Å². The average molecular weight is 224 g/mol. The molecule has 82 valence electrons. The molecule has 0 saturated heterocycles. The molecule has 0 spiro atoms. The summed E-state index contributed by atoms with van der Waals surface area (Å²) in [7, 11) is 0. The summed E-state index contributed by atoms with van der Waals surface area (Å²) >= 11 is 1.65. The first-order chi connectivity index (χ1) is 7.16. The predicted molar refractivity (Wildman–Crippen MR) is 61.8 cm³/mol. The van der Waals surface area contributed by atoms with Crippen molar-refractivity contribution in [3.8, 4) is 0 Å². The van der Waals surface area contributed by atoms with E-state index in [4.69, 9.17) is 4.74 Å². The number of hydrogen-bond donors (Lipinski definition) is 0. The van der Waals surface area contributed by atoms with Crippen molar-refractivity contribution in [2.75, 3.05) is 6.61 Å². The Morgan fingerprint density at radius 3 is 3.00 bits per heavy atom. The molecule has 1 aromatic heterocycles. The van der Waals surface area contributed by atoms with Gasteiger partial charge < -0.3 is 4.74 Å². The molecule has 0 saturated carbocycles. The van der Waals surface area contributed by atoms with E-state index in [9.17, 15) is 4.79 Å². The number of fused-ring (bicyclic) bond motifs is 1. The smallest absolute Gasteiger partial charge is 0.198 e. The van der Waals surface area contributed by atoms with Crippen molar-refractivity contribution in [3.05, 3.63) is 21.4 Å². The molecular formula is C12H16O2S. The number of hydrogen-bond acceptors (Lipinski definition) is 3. The maximum atomic E-state index is 11.7. The van der Waals surface area contributed by atoms with Crippen molar-refractivity contribution < 1.29 is 9.53 Å². The Bertz CT molecular complexity index is 344. The largest absolute Gasteiger partial charge is 0.371 e. The van der Waals surface area contributed by atoms with Gasteiger partial charge in [-0.3, -0.25) is 4.79 Å². The van der Waals surface area contributed by atoms with Crippen LogP contribution in [0, 0.1) is 0 Å². The van der Waals surface area contributed by atoms with Crippen LogP contribution in [0.25, 0.3) is 0 Å². The quantitative estimate of drug-likeness (QED) is 0.735. The fraction of sp³-hybridized carbons (Fsp3) is 0.583. The molecule has 1 aliphatic carbocycles. The van der Waals surface area contributed by atoms with Crippen LogP contribution in [0.5, 0.6) is 0 Å².